The molecule has 76 valence electrons. The standard InChI is InChI=1S/C13H20Si/c1-12(14(2,3)4)10-11-13-8-6-5-7-9-13/h5-9H,1,10-11H2,2-4H3. The van der Waals surface area contributed by atoms with E-state index in [0.29, 0.717) is 0 Å². The van der Waals surface area contributed by atoms with Crippen LogP contribution in [0.1, 0.15) is 12.0 Å². The van der Waals surface area contributed by atoms with E-state index in [2.05, 4.69) is 56.6 Å². The van der Waals surface area contributed by atoms with Crippen molar-refractivity contribution in [3.63, 3.8) is 0 Å². The Morgan fingerprint density at radius 3 is 2.21 bits per heavy atom. The molecule has 0 nitrogen and oxygen atoms in total. The zero-order valence-corrected chi connectivity index (χ0v) is 10.5. The van der Waals surface area contributed by atoms with E-state index < -0.39 is 8.07 Å². The van der Waals surface area contributed by atoms with Gasteiger partial charge in [-0.1, -0.05) is 55.2 Å². The summed E-state index contributed by atoms with van der Waals surface area (Å²) < 4.78 is 0. The Morgan fingerprint density at radius 2 is 1.71 bits per heavy atom. The van der Waals surface area contributed by atoms with Crippen LogP contribution in [-0.2, 0) is 6.42 Å². The lowest BCUT2D eigenvalue weighted by atomic mass is 10.1. The molecule has 0 spiro atoms. The number of allylic oxidation sites excluding steroid dienone is 1. The molecule has 1 aromatic rings. The molecular formula is C13H20Si. The highest BCUT2D eigenvalue weighted by atomic mass is 28.3. The van der Waals surface area contributed by atoms with Crippen molar-refractivity contribution in [2.24, 2.45) is 0 Å². The van der Waals surface area contributed by atoms with Crippen LogP contribution in [0.15, 0.2) is 42.1 Å². The Bertz CT molecular complexity index is 293. The molecule has 0 saturated heterocycles. The molecule has 0 aliphatic rings. The van der Waals surface area contributed by atoms with E-state index >= 15 is 0 Å². The summed E-state index contributed by atoms with van der Waals surface area (Å²) in [5, 5.41) is 1.47. The van der Waals surface area contributed by atoms with E-state index in [4.69, 9.17) is 0 Å². The van der Waals surface area contributed by atoms with Gasteiger partial charge in [0, 0.05) is 0 Å². The highest BCUT2D eigenvalue weighted by Gasteiger charge is 2.16. The van der Waals surface area contributed by atoms with Gasteiger partial charge in [-0.05, 0) is 18.4 Å². The van der Waals surface area contributed by atoms with Gasteiger partial charge in [-0.2, -0.15) is 0 Å². The van der Waals surface area contributed by atoms with Crippen molar-refractivity contribution in [1.29, 1.82) is 0 Å². The van der Waals surface area contributed by atoms with Crippen LogP contribution >= 0.6 is 0 Å². The Hall–Kier alpha value is -0.823. The molecule has 0 atom stereocenters. The fraction of sp³-hybridized carbons (Fsp3) is 0.385. The van der Waals surface area contributed by atoms with Gasteiger partial charge in [0.2, 0.25) is 0 Å². The molecule has 0 heterocycles. The zero-order chi connectivity index (χ0) is 10.6. The van der Waals surface area contributed by atoms with E-state index in [-0.39, 0.29) is 0 Å². The molecule has 0 bridgehead atoms. The minimum Gasteiger partial charge on any atom is -0.104 e. The Labute approximate surface area is 88.7 Å². The largest absolute Gasteiger partial charge is 0.104 e. The number of rotatable bonds is 4. The van der Waals surface area contributed by atoms with Crippen LogP contribution in [0.5, 0.6) is 0 Å². The summed E-state index contributed by atoms with van der Waals surface area (Å²) in [5.74, 6) is 0. The fourth-order valence-electron chi connectivity index (χ4n) is 1.31. The van der Waals surface area contributed by atoms with Crippen LogP contribution in [0, 0.1) is 0 Å². The lowest BCUT2D eigenvalue weighted by Crippen LogP contribution is -2.23. The summed E-state index contributed by atoms with van der Waals surface area (Å²) >= 11 is 0. The molecule has 0 fully saturated rings. The lowest BCUT2D eigenvalue weighted by molar-refractivity contribution is 0.979. The molecule has 0 N–H and O–H groups in total. The van der Waals surface area contributed by atoms with Gasteiger partial charge in [-0.25, -0.2) is 0 Å². The van der Waals surface area contributed by atoms with E-state index in [1.807, 2.05) is 0 Å². The maximum Gasteiger partial charge on any atom is 0.0716 e. The smallest absolute Gasteiger partial charge is 0.0716 e. The van der Waals surface area contributed by atoms with Crippen LogP contribution in [-0.4, -0.2) is 8.07 Å². The normalized spacial score (nSPS) is 11.4. The van der Waals surface area contributed by atoms with Crippen molar-refractivity contribution in [3.8, 4) is 0 Å². The molecule has 0 aliphatic carbocycles. The third-order valence-corrected chi connectivity index (χ3v) is 4.99. The number of hydrogen-bond donors (Lipinski definition) is 0. The average molecular weight is 204 g/mol. The molecule has 1 aromatic carbocycles. The molecule has 14 heavy (non-hydrogen) atoms. The number of benzene rings is 1. The highest BCUT2D eigenvalue weighted by Crippen LogP contribution is 2.18. The molecule has 0 unspecified atom stereocenters. The maximum atomic E-state index is 4.20. The summed E-state index contributed by atoms with van der Waals surface area (Å²) in [6.07, 6.45) is 2.30. The molecule has 0 saturated carbocycles. The first-order valence-corrected chi connectivity index (χ1v) is 8.72. The Kier molecular flexibility index (Phi) is 3.70. The monoisotopic (exact) mass is 204 g/mol. The van der Waals surface area contributed by atoms with Crippen LogP contribution in [0.3, 0.4) is 0 Å². The molecular weight excluding hydrogens is 184 g/mol. The second-order valence-corrected chi connectivity index (χ2v) is 10.0. The maximum absolute atomic E-state index is 4.20. The van der Waals surface area contributed by atoms with Crippen molar-refractivity contribution in [2.45, 2.75) is 32.5 Å². The van der Waals surface area contributed by atoms with Crippen molar-refractivity contribution in [3.05, 3.63) is 47.7 Å². The van der Waals surface area contributed by atoms with Crippen LogP contribution < -0.4 is 0 Å². The van der Waals surface area contributed by atoms with E-state index in [1.54, 1.807) is 0 Å². The van der Waals surface area contributed by atoms with Crippen LogP contribution in [0.2, 0.25) is 19.6 Å². The zero-order valence-electron chi connectivity index (χ0n) is 9.51. The Balaban J connectivity index is 2.46. The summed E-state index contributed by atoms with van der Waals surface area (Å²) in [6.45, 7) is 11.3. The first-order chi connectivity index (χ1) is 6.50. The molecule has 1 heteroatoms. The van der Waals surface area contributed by atoms with Gasteiger partial charge in [-0.3, -0.25) is 0 Å². The predicted octanol–water partition coefficient (Wildman–Crippen LogP) is 4.05. The van der Waals surface area contributed by atoms with E-state index in [1.165, 1.54) is 10.8 Å². The molecule has 0 aliphatic heterocycles. The molecule has 0 amide bonds. The second-order valence-electron chi connectivity index (χ2n) is 4.84. The van der Waals surface area contributed by atoms with Gasteiger partial charge in [0.1, 0.15) is 0 Å². The average Bonchev–Trinajstić information content (AvgIpc) is 2.14. The SMILES string of the molecule is C=C(CCc1ccccc1)[Si](C)(C)C. The van der Waals surface area contributed by atoms with Gasteiger partial charge >= 0.3 is 0 Å². The van der Waals surface area contributed by atoms with Crippen molar-refractivity contribution in [1.82, 2.24) is 0 Å². The minimum atomic E-state index is -1.11. The van der Waals surface area contributed by atoms with Crippen LogP contribution in [0.4, 0.5) is 0 Å². The van der Waals surface area contributed by atoms with Crippen molar-refractivity contribution < 1.29 is 0 Å². The molecule has 0 radical (unpaired) electrons. The third-order valence-electron chi connectivity index (χ3n) is 2.62. The van der Waals surface area contributed by atoms with Gasteiger partial charge in [0.05, 0.1) is 8.07 Å². The quantitative estimate of drug-likeness (QED) is 0.649. The topological polar surface area (TPSA) is 0 Å². The summed E-state index contributed by atoms with van der Waals surface area (Å²) in [7, 11) is -1.11. The van der Waals surface area contributed by atoms with Gasteiger partial charge in [0.15, 0.2) is 0 Å². The predicted molar refractivity (Wildman–Crippen MR) is 67.2 cm³/mol. The van der Waals surface area contributed by atoms with E-state index in [9.17, 15) is 0 Å². The van der Waals surface area contributed by atoms with Gasteiger partial charge in [-0.15, -0.1) is 6.58 Å². The first-order valence-electron chi connectivity index (χ1n) is 5.22. The molecule has 1 rings (SSSR count). The van der Waals surface area contributed by atoms with Crippen molar-refractivity contribution in [2.75, 3.05) is 0 Å². The van der Waals surface area contributed by atoms with Gasteiger partial charge in [0.25, 0.3) is 0 Å². The Morgan fingerprint density at radius 1 is 1.14 bits per heavy atom. The van der Waals surface area contributed by atoms with Gasteiger partial charge < -0.3 is 0 Å². The molecule has 0 aromatic heterocycles. The van der Waals surface area contributed by atoms with E-state index in [0.717, 1.165) is 12.8 Å². The minimum absolute atomic E-state index is 1.11. The van der Waals surface area contributed by atoms with Crippen LogP contribution in [0.25, 0.3) is 0 Å². The lowest BCUT2D eigenvalue weighted by Gasteiger charge is -2.19. The van der Waals surface area contributed by atoms with Crippen molar-refractivity contribution >= 4 is 8.07 Å². The summed E-state index contributed by atoms with van der Waals surface area (Å²) in [5.41, 5.74) is 1.42. The summed E-state index contributed by atoms with van der Waals surface area (Å²) in [6, 6.07) is 10.7. The summed E-state index contributed by atoms with van der Waals surface area (Å²) in [4.78, 5) is 0. The highest BCUT2D eigenvalue weighted by molar-refractivity contribution is 6.82. The fourth-order valence-corrected chi connectivity index (χ4v) is 2.19. The second kappa shape index (κ2) is 4.60. The number of aryl methyl sites for hydroxylation is 1. The third kappa shape index (κ3) is 3.50. The first kappa shape index (κ1) is 11.3. The number of hydrogen-bond acceptors (Lipinski definition) is 0.